The van der Waals surface area contributed by atoms with Gasteiger partial charge in [-0.3, -0.25) is 4.79 Å². The van der Waals surface area contributed by atoms with Crippen LogP contribution in [0.4, 0.5) is 10.5 Å². The van der Waals surface area contributed by atoms with Gasteiger partial charge >= 0.3 is 12.1 Å². The monoisotopic (exact) mass is 495 g/mol. The van der Waals surface area contributed by atoms with Gasteiger partial charge in [0.15, 0.2) is 0 Å². The van der Waals surface area contributed by atoms with Gasteiger partial charge in [-0.2, -0.15) is 0 Å². The van der Waals surface area contributed by atoms with E-state index in [0.29, 0.717) is 50.0 Å². The number of benzene rings is 1. The summed E-state index contributed by atoms with van der Waals surface area (Å²) in [5.74, 6) is -0.321. The fraction of sp³-hybridized carbons (Fsp3) is 0.591. The van der Waals surface area contributed by atoms with E-state index in [0.717, 1.165) is 5.69 Å². The maximum absolute atomic E-state index is 13.4. The number of esters is 1. The summed E-state index contributed by atoms with van der Waals surface area (Å²) in [6.07, 6.45) is 0.685. The summed E-state index contributed by atoms with van der Waals surface area (Å²) in [6, 6.07) is 7.11. The summed E-state index contributed by atoms with van der Waals surface area (Å²) in [4.78, 5) is 43.3. The van der Waals surface area contributed by atoms with Crippen molar-refractivity contribution in [2.75, 3.05) is 43.6 Å². The van der Waals surface area contributed by atoms with Crippen LogP contribution in [0, 0.1) is 0 Å². The van der Waals surface area contributed by atoms with Crippen LogP contribution in [0.2, 0.25) is 0 Å². The third-order valence-electron chi connectivity index (χ3n) is 5.71. The Hall–Kier alpha value is -2.29. The van der Waals surface area contributed by atoms with Crippen LogP contribution in [0.5, 0.6) is 0 Å². The number of halogens is 1. The van der Waals surface area contributed by atoms with Crippen molar-refractivity contribution in [3.05, 3.63) is 29.8 Å². The lowest BCUT2D eigenvalue weighted by Gasteiger charge is -2.43. The predicted octanol–water partition coefficient (Wildman–Crippen LogP) is 3.24. The van der Waals surface area contributed by atoms with E-state index in [1.807, 2.05) is 37.8 Å². The van der Waals surface area contributed by atoms with E-state index in [1.54, 1.807) is 17.0 Å². The Morgan fingerprint density at radius 3 is 2.26 bits per heavy atom. The Morgan fingerprint density at radius 2 is 1.74 bits per heavy atom. The lowest BCUT2D eigenvalue weighted by atomic mass is 9.85. The minimum absolute atomic E-state index is 0.0767. The molecule has 0 unspecified atom stereocenters. The molecular formula is C22H30BrN3O5. The second-order valence-electron chi connectivity index (χ2n) is 8.86. The van der Waals surface area contributed by atoms with Crippen molar-refractivity contribution >= 4 is 39.6 Å². The molecular weight excluding hydrogens is 466 g/mol. The Morgan fingerprint density at radius 1 is 1.13 bits per heavy atom. The number of hydrogen-bond acceptors (Lipinski definition) is 6. The van der Waals surface area contributed by atoms with Crippen molar-refractivity contribution in [2.24, 2.45) is 0 Å². The molecule has 170 valence electrons. The molecule has 2 amide bonds. The fourth-order valence-electron chi connectivity index (χ4n) is 4.15. The number of rotatable bonds is 4. The molecule has 2 aliphatic rings. The van der Waals surface area contributed by atoms with Crippen LogP contribution in [-0.4, -0.2) is 77.7 Å². The number of nitrogens with zero attached hydrogens (tertiary/aromatic N) is 3. The van der Waals surface area contributed by atoms with Gasteiger partial charge in [0.1, 0.15) is 11.1 Å². The van der Waals surface area contributed by atoms with Gasteiger partial charge in [-0.1, -0.05) is 15.9 Å². The number of piperidine rings is 1. The zero-order valence-corrected chi connectivity index (χ0v) is 20.1. The molecule has 2 fully saturated rings. The molecule has 1 aromatic carbocycles. The number of alkyl halides is 1. The molecule has 1 aromatic rings. The molecule has 0 saturated carbocycles. The van der Waals surface area contributed by atoms with Gasteiger partial charge in [0.2, 0.25) is 5.91 Å². The highest BCUT2D eigenvalue weighted by Gasteiger charge is 2.54. The van der Waals surface area contributed by atoms with Crippen LogP contribution in [0.25, 0.3) is 0 Å². The number of carbonyl (C=O) groups is 3. The fourth-order valence-corrected chi connectivity index (χ4v) is 4.58. The average molecular weight is 496 g/mol. The minimum atomic E-state index is -0.715. The van der Waals surface area contributed by atoms with Crippen molar-refractivity contribution in [3.63, 3.8) is 0 Å². The molecule has 2 aliphatic heterocycles. The topological polar surface area (TPSA) is 79.4 Å². The minimum Gasteiger partial charge on any atom is -0.465 e. The van der Waals surface area contributed by atoms with E-state index in [-0.39, 0.29) is 12.0 Å². The van der Waals surface area contributed by atoms with Crippen LogP contribution in [0.15, 0.2) is 24.3 Å². The molecule has 0 radical (unpaired) electrons. The molecule has 0 N–H and O–H groups in total. The second-order valence-corrected chi connectivity index (χ2v) is 9.66. The molecule has 2 saturated heterocycles. The van der Waals surface area contributed by atoms with Crippen molar-refractivity contribution in [1.29, 1.82) is 0 Å². The third-order valence-corrected chi connectivity index (χ3v) is 6.07. The summed E-state index contributed by atoms with van der Waals surface area (Å²) in [6.45, 7) is 7.48. The highest BCUT2D eigenvalue weighted by atomic mass is 79.9. The molecule has 0 atom stereocenters. The molecule has 8 nitrogen and oxygen atoms in total. The molecule has 2 heterocycles. The van der Waals surface area contributed by atoms with E-state index in [9.17, 15) is 14.4 Å². The van der Waals surface area contributed by atoms with E-state index < -0.39 is 17.1 Å². The number of amides is 2. The first-order chi connectivity index (χ1) is 14.6. The first-order valence-electron chi connectivity index (χ1n) is 10.4. The van der Waals surface area contributed by atoms with Gasteiger partial charge in [0, 0.05) is 30.7 Å². The van der Waals surface area contributed by atoms with E-state index >= 15 is 0 Å². The summed E-state index contributed by atoms with van der Waals surface area (Å²) in [5, 5.41) is 0.688. The lowest BCUT2D eigenvalue weighted by molar-refractivity contribution is -0.133. The van der Waals surface area contributed by atoms with E-state index in [4.69, 9.17) is 9.47 Å². The van der Waals surface area contributed by atoms with Gasteiger partial charge in [-0.05, 0) is 57.9 Å². The number of ether oxygens (including phenoxy) is 2. The zero-order valence-electron chi connectivity index (χ0n) is 18.5. The van der Waals surface area contributed by atoms with Crippen LogP contribution < -0.4 is 4.90 Å². The molecule has 31 heavy (non-hydrogen) atoms. The number of hydrogen-bond donors (Lipinski definition) is 0. The number of carbonyl (C=O) groups excluding carboxylic acids is 3. The van der Waals surface area contributed by atoms with Gasteiger partial charge in [0.25, 0.3) is 0 Å². The van der Waals surface area contributed by atoms with Gasteiger partial charge < -0.3 is 24.2 Å². The molecule has 0 bridgehead atoms. The average Bonchev–Trinajstić information content (AvgIpc) is 2.99. The number of methoxy groups -OCH3 is 1. The quantitative estimate of drug-likeness (QED) is 0.471. The van der Waals surface area contributed by atoms with Crippen LogP contribution >= 0.6 is 15.9 Å². The van der Waals surface area contributed by atoms with Crippen molar-refractivity contribution in [1.82, 2.24) is 9.80 Å². The summed E-state index contributed by atoms with van der Waals surface area (Å²) in [7, 11) is 1.35. The standard InChI is InChI=1S/C22H30BrN3O5/c1-21(2,3)31-20(29)24-12-9-22(10-13-24)19(28)25(14-11-23)15-26(22)17-7-5-16(6-8-17)18(27)30-4/h5-8H,9-15H2,1-4H3. The smallest absolute Gasteiger partial charge is 0.410 e. The Bertz CT molecular complexity index is 829. The second kappa shape index (κ2) is 9.06. The van der Waals surface area contributed by atoms with Crippen LogP contribution in [-0.2, 0) is 14.3 Å². The summed E-state index contributed by atoms with van der Waals surface area (Å²) >= 11 is 3.43. The summed E-state index contributed by atoms with van der Waals surface area (Å²) in [5.41, 5.74) is 0.0508. The summed E-state index contributed by atoms with van der Waals surface area (Å²) < 4.78 is 10.3. The number of likely N-dealkylation sites (tertiary alicyclic amines) is 1. The first kappa shape index (κ1) is 23.4. The van der Waals surface area contributed by atoms with Gasteiger partial charge in [-0.15, -0.1) is 0 Å². The van der Waals surface area contributed by atoms with Gasteiger partial charge in [-0.25, -0.2) is 9.59 Å². The maximum Gasteiger partial charge on any atom is 0.410 e. The highest BCUT2D eigenvalue weighted by molar-refractivity contribution is 9.09. The van der Waals surface area contributed by atoms with Crippen LogP contribution in [0.1, 0.15) is 44.0 Å². The molecule has 1 spiro atoms. The maximum atomic E-state index is 13.4. The third kappa shape index (κ3) is 4.81. The van der Waals surface area contributed by atoms with Crippen molar-refractivity contribution in [2.45, 2.75) is 44.8 Å². The Kier molecular flexibility index (Phi) is 6.83. The Balaban J connectivity index is 1.83. The van der Waals surface area contributed by atoms with Crippen molar-refractivity contribution < 1.29 is 23.9 Å². The lowest BCUT2D eigenvalue weighted by Crippen LogP contribution is -2.57. The largest absolute Gasteiger partial charge is 0.465 e. The van der Waals surface area contributed by atoms with Crippen LogP contribution in [0.3, 0.4) is 0 Å². The van der Waals surface area contributed by atoms with E-state index in [1.165, 1.54) is 7.11 Å². The SMILES string of the molecule is COC(=O)c1ccc(N2CN(CCBr)C(=O)C23CCN(C(=O)OC(C)(C)C)CC3)cc1. The predicted molar refractivity (Wildman–Crippen MR) is 120 cm³/mol. The number of anilines is 1. The molecule has 0 aromatic heterocycles. The molecule has 9 heteroatoms. The first-order valence-corrected chi connectivity index (χ1v) is 11.5. The normalized spacial score (nSPS) is 18.5. The van der Waals surface area contributed by atoms with E-state index in [2.05, 4.69) is 20.8 Å². The molecule has 3 rings (SSSR count). The van der Waals surface area contributed by atoms with Gasteiger partial charge in [0.05, 0.1) is 19.3 Å². The highest BCUT2D eigenvalue weighted by Crippen LogP contribution is 2.39. The Labute approximate surface area is 191 Å². The zero-order chi connectivity index (χ0) is 22.8. The molecule has 0 aliphatic carbocycles. The van der Waals surface area contributed by atoms with Crippen molar-refractivity contribution in [3.8, 4) is 0 Å².